The fraction of sp³-hybridized carbons (Fsp3) is 1.00. The van der Waals surface area contributed by atoms with Crippen LogP contribution in [0.4, 0.5) is 0 Å². The molecule has 33 heavy (non-hydrogen) atoms. The van der Waals surface area contributed by atoms with Gasteiger partial charge >= 0.3 is 0 Å². The molecule has 8 heteroatoms. The van der Waals surface area contributed by atoms with Crippen molar-refractivity contribution < 1.29 is 14.2 Å². The summed E-state index contributed by atoms with van der Waals surface area (Å²) < 4.78 is 17.9. The lowest BCUT2D eigenvalue weighted by Gasteiger charge is -2.48. The molecular formula is C25H45N5O3. The molecule has 0 aromatic rings. The molecule has 4 aliphatic heterocycles. The van der Waals surface area contributed by atoms with Crippen molar-refractivity contribution in [2.45, 2.75) is 75.2 Å². The van der Waals surface area contributed by atoms with Crippen LogP contribution in [0, 0.1) is 17.8 Å². The van der Waals surface area contributed by atoms with E-state index in [-0.39, 0.29) is 0 Å². The summed E-state index contributed by atoms with van der Waals surface area (Å²) in [6, 6.07) is 2.56. The first-order valence-electron chi connectivity index (χ1n) is 13.8. The Hall–Kier alpha value is -0.320. The van der Waals surface area contributed by atoms with Gasteiger partial charge in [-0.25, -0.2) is 0 Å². The molecule has 0 aromatic carbocycles. The van der Waals surface area contributed by atoms with Crippen LogP contribution in [0.25, 0.3) is 0 Å². The van der Waals surface area contributed by atoms with Crippen molar-refractivity contribution in [3.05, 3.63) is 0 Å². The van der Waals surface area contributed by atoms with Crippen LogP contribution in [0.2, 0.25) is 0 Å². The van der Waals surface area contributed by atoms with Crippen LogP contribution in [0.3, 0.4) is 0 Å². The SMILES string of the molecule is C1CNCOCC2CC(CC(N3CCN(C4COC4)CC3)C2)C2NNC3CCC(CC32)OC1. The Kier molecular flexibility index (Phi) is 7.52. The highest BCUT2D eigenvalue weighted by atomic mass is 16.5. The summed E-state index contributed by atoms with van der Waals surface area (Å²) in [7, 11) is 0. The van der Waals surface area contributed by atoms with E-state index >= 15 is 0 Å². The minimum atomic E-state index is 0.440. The van der Waals surface area contributed by atoms with Crippen LogP contribution in [-0.2, 0) is 14.2 Å². The zero-order chi connectivity index (χ0) is 22.0. The summed E-state index contributed by atoms with van der Waals surface area (Å²) in [6.07, 6.45) is 9.09. The third kappa shape index (κ3) is 5.28. The normalized spacial score (nSPS) is 44.5. The Morgan fingerprint density at radius 3 is 2.42 bits per heavy atom. The van der Waals surface area contributed by atoms with Crippen molar-refractivity contribution in [1.82, 2.24) is 26.0 Å². The van der Waals surface area contributed by atoms with E-state index in [2.05, 4.69) is 26.0 Å². The van der Waals surface area contributed by atoms with Gasteiger partial charge in [0, 0.05) is 50.9 Å². The lowest BCUT2D eigenvalue weighted by atomic mass is 9.69. The standard InChI is InChI=1S/C25H45N5O3/c1-4-26-17-32-14-18-10-19(25-23-13-22(33-9-1)2-3-24(23)27-28-25)12-20(11-18)29-5-7-30(8-6-29)21-15-31-16-21/h18-28H,1-17H2. The van der Waals surface area contributed by atoms with E-state index in [0.29, 0.717) is 48.8 Å². The first-order valence-corrected chi connectivity index (χ1v) is 13.8. The molecule has 0 aromatic heterocycles. The molecular weight excluding hydrogens is 418 g/mol. The summed E-state index contributed by atoms with van der Waals surface area (Å²) in [5.41, 5.74) is 7.49. The van der Waals surface area contributed by atoms with Crippen LogP contribution < -0.4 is 16.2 Å². The number of fused-ring (bicyclic) bond motifs is 4. The molecule has 0 radical (unpaired) electrons. The van der Waals surface area contributed by atoms with Gasteiger partial charge in [0.25, 0.3) is 0 Å². The Morgan fingerprint density at radius 2 is 1.61 bits per heavy atom. The van der Waals surface area contributed by atoms with Gasteiger partial charge in [-0.1, -0.05) is 0 Å². The van der Waals surface area contributed by atoms with Gasteiger partial charge in [-0.2, -0.15) is 0 Å². The molecule has 2 saturated carbocycles. The average Bonchev–Trinajstić information content (AvgIpc) is 3.23. The maximum atomic E-state index is 6.32. The van der Waals surface area contributed by atoms with Crippen molar-refractivity contribution >= 4 is 0 Å². The Morgan fingerprint density at radius 1 is 0.758 bits per heavy atom. The third-order valence-electron chi connectivity index (χ3n) is 9.48. The van der Waals surface area contributed by atoms with E-state index in [1.807, 2.05) is 0 Å². The maximum absolute atomic E-state index is 6.32. The second kappa shape index (κ2) is 10.7. The molecule has 0 spiro atoms. The highest BCUT2D eigenvalue weighted by molar-refractivity contribution is 5.01. The van der Waals surface area contributed by atoms with Gasteiger partial charge in [0.2, 0.25) is 0 Å². The molecule has 7 unspecified atom stereocenters. The molecule has 7 atom stereocenters. The highest BCUT2D eigenvalue weighted by Gasteiger charge is 2.46. The van der Waals surface area contributed by atoms with Gasteiger partial charge in [-0.3, -0.25) is 26.0 Å². The molecule has 4 bridgehead atoms. The topological polar surface area (TPSA) is 70.3 Å². The number of nitrogens with zero attached hydrogens (tertiary/aromatic N) is 2. The second-order valence-electron chi connectivity index (χ2n) is 11.5. The predicted molar refractivity (Wildman–Crippen MR) is 127 cm³/mol. The van der Waals surface area contributed by atoms with E-state index in [4.69, 9.17) is 14.2 Å². The largest absolute Gasteiger partial charge is 0.378 e. The van der Waals surface area contributed by atoms with Gasteiger partial charge in [-0.15, -0.1) is 0 Å². The Balaban J connectivity index is 1.14. The molecule has 4 heterocycles. The molecule has 2 aliphatic carbocycles. The number of hydrazine groups is 1. The maximum Gasteiger partial charge on any atom is 0.0965 e. The van der Waals surface area contributed by atoms with Crippen molar-refractivity contribution in [2.75, 3.05) is 65.9 Å². The highest BCUT2D eigenvalue weighted by Crippen LogP contribution is 2.42. The number of ether oxygens (including phenoxy) is 3. The van der Waals surface area contributed by atoms with Gasteiger partial charge in [0.05, 0.1) is 38.7 Å². The number of rotatable bonds is 2. The van der Waals surface area contributed by atoms with Gasteiger partial charge in [-0.05, 0) is 69.2 Å². The third-order valence-corrected chi connectivity index (χ3v) is 9.48. The van der Waals surface area contributed by atoms with Gasteiger partial charge in [0.1, 0.15) is 0 Å². The van der Waals surface area contributed by atoms with E-state index in [1.54, 1.807) is 0 Å². The fourth-order valence-corrected chi connectivity index (χ4v) is 7.57. The summed E-state index contributed by atoms with van der Waals surface area (Å²) in [5, 5.41) is 3.46. The van der Waals surface area contributed by atoms with Crippen LogP contribution in [-0.4, -0.2) is 106 Å². The zero-order valence-electron chi connectivity index (χ0n) is 20.3. The first-order chi connectivity index (χ1) is 16.3. The van der Waals surface area contributed by atoms with Gasteiger partial charge in [0.15, 0.2) is 0 Å². The predicted octanol–water partition coefficient (Wildman–Crippen LogP) is 0.785. The number of piperazine rings is 1. The average molecular weight is 464 g/mol. The number of hydrogen-bond acceptors (Lipinski definition) is 8. The minimum Gasteiger partial charge on any atom is -0.378 e. The summed E-state index contributed by atoms with van der Waals surface area (Å²) in [5.74, 6) is 2.08. The van der Waals surface area contributed by atoms with Crippen LogP contribution in [0.1, 0.15) is 44.9 Å². The molecule has 4 saturated heterocycles. The number of nitrogens with one attached hydrogen (secondary N) is 3. The Labute approximate surface area is 199 Å². The zero-order valence-corrected chi connectivity index (χ0v) is 20.3. The van der Waals surface area contributed by atoms with Crippen LogP contribution >= 0.6 is 0 Å². The lowest BCUT2D eigenvalue weighted by Crippen LogP contribution is -2.59. The minimum absolute atomic E-state index is 0.440. The molecule has 3 N–H and O–H groups in total. The molecule has 0 amide bonds. The second-order valence-corrected chi connectivity index (χ2v) is 11.5. The molecule has 6 rings (SSSR count). The van der Waals surface area contributed by atoms with Crippen LogP contribution in [0.15, 0.2) is 0 Å². The van der Waals surface area contributed by atoms with E-state index in [9.17, 15) is 0 Å². The summed E-state index contributed by atoms with van der Waals surface area (Å²) in [4.78, 5) is 5.47. The van der Waals surface area contributed by atoms with Crippen LogP contribution in [0.5, 0.6) is 0 Å². The van der Waals surface area contributed by atoms with E-state index in [0.717, 1.165) is 45.3 Å². The quantitative estimate of drug-likeness (QED) is 0.555. The van der Waals surface area contributed by atoms with Crippen molar-refractivity contribution in [1.29, 1.82) is 0 Å². The Bertz CT molecular complexity index is 629. The molecule has 6 aliphatic rings. The van der Waals surface area contributed by atoms with Crippen molar-refractivity contribution in [3.63, 3.8) is 0 Å². The molecule has 8 nitrogen and oxygen atoms in total. The summed E-state index contributed by atoms with van der Waals surface area (Å²) >= 11 is 0. The fourth-order valence-electron chi connectivity index (χ4n) is 7.57. The molecule has 188 valence electrons. The first kappa shape index (κ1) is 23.1. The van der Waals surface area contributed by atoms with Gasteiger partial charge < -0.3 is 14.2 Å². The lowest BCUT2D eigenvalue weighted by molar-refractivity contribution is -0.0835. The monoisotopic (exact) mass is 463 g/mol. The van der Waals surface area contributed by atoms with E-state index < -0.39 is 0 Å². The van der Waals surface area contributed by atoms with E-state index in [1.165, 1.54) is 64.7 Å². The molecule has 6 fully saturated rings. The van der Waals surface area contributed by atoms with Crippen molar-refractivity contribution in [3.8, 4) is 0 Å². The number of hydrogen-bond donors (Lipinski definition) is 3. The smallest absolute Gasteiger partial charge is 0.0965 e. The van der Waals surface area contributed by atoms with Crippen molar-refractivity contribution in [2.24, 2.45) is 17.8 Å². The summed E-state index contributed by atoms with van der Waals surface area (Å²) in [6.45, 7) is 10.1.